The van der Waals surface area contributed by atoms with Crippen LogP contribution in [0.25, 0.3) is 0 Å². The molecule has 0 amide bonds. The van der Waals surface area contributed by atoms with Crippen molar-refractivity contribution in [2.24, 2.45) is 0 Å². The average molecular weight is 238 g/mol. The first-order chi connectivity index (χ1) is 8.33. The number of aliphatic hydroxyl groups is 1. The second-order valence-corrected chi connectivity index (χ2v) is 4.04. The van der Waals surface area contributed by atoms with Gasteiger partial charge in [-0.15, -0.1) is 0 Å². The molecule has 1 aliphatic rings. The molecular formula is C11H18N4O2. The van der Waals surface area contributed by atoms with Gasteiger partial charge in [0.05, 0.1) is 19.3 Å². The molecule has 1 aromatic heterocycles. The second-order valence-electron chi connectivity index (χ2n) is 4.04. The maximum Gasteiger partial charge on any atom is 0.225 e. The van der Waals surface area contributed by atoms with Crippen molar-refractivity contribution in [3.8, 4) is 0 Å². The van der Waals surface area contributed by atoms with E-state index in [1.54, 1.807) is 0 Å². The van der Waals surface area contributed by atoms with E-state index >= 15 is 0 Å². The molecule has 0 bridgehead atoms. The van der Waals surface area contributed by atoms with Crippen molar-refractivity contribution >= 4 is 5.95 Å². The summed E-state index contributed by atoms with van der Waals surface area (Å²) in [5, 5.41) is 12.1. The quantitative estimate of drug-likeness (QED) is 0.729. The maximum atomic E-state index is 9.07. The van der Waals surface area contributed by atoms with Crippen molar-refractivity contribution in [3.63, 3.8) is 0 Å². The molecule has 0 aromatic carbocycles. The van der Waals surface area contributed by atoms with Crippen molar-refractivity contribution in [2.75, 3.05) is 38.3 Å². The fourth-order valence-corrected chi connectivity index (χ4v) is 1.82. The van der Waals surface area contributed by atoms with Crippen molar-refractivity contribution in [2.45, 2.75) is 12.6 Å². The molecule has 1 atom stereocenters. The maximum absolute atomic E-state index is 9.07. The van der Waals surface area contributed by atoms with Gasteiger partial charge >= 0.3 is 0 Å². The Hall–Kier alpha value is -1.24. The first-order valence-corrected chi connectivity index (χ1v) is 5.76. The lowest BCUT2D eigenvalue weighted by molar-refractivity contribution is 0.00314. The third kappa shape index (κ3) is 3.12. The minimum Gasteiger partial charge on any atom is -0.394 e. The van der Waals surface area contributed by atoms with Gasteiger partial charge in [0.25, 0.3) is 0 Å². The minimum absolute atomic E-state index is 0.0360. The number of hydrogen-bond acceptors (Lipinski definition) is 6. The van der Waals surface area contributed by atoms with Gasteiger partial charge in [0.15, 0.2) is 0 Å². The van der Waals surface area contributed by atoms with Crippen LogP contribution in [0, 0.1) is 0 Å². The molecule has 1 aromatic rings. The number of aliphatic hydroxyl groups excluding tert-OH is 1. The summed E-state index contributed by atoms with van der Waals surface area (Å²) in [5.41, 5.74) is 1.06. The smallest absolute Gasteiger partial charge is 0.225 e. The van der Waals surface area contributed by atoms with Gasteiger partial charge in [-0.25, -0.2) is 9.97 Å². The highest BCUT2D eigenvalue weighted by atomic mass is 16.5. The van der Waals surface area contributed by atoms with Gasteiger partial charge in [0, 0.05) is 37.6 Å². The summed E-state index contributed by atoms with van der Waals surface area (Å²) in [5.74, 6) is 0.701. The Labute approximate surface area is 101 Å². The van der Waals surface area contributed by atoms with Crippen LogP contribution in [0.1, 0.15) is 5.56 Å². The monoisotopic (exact) mass is 238 g/mol. The van der Waals surface area contributed by atoms with Gasteiger partial charge in [-0.3, -0.25) is 0 Å². The summed E-state index contributed by atoms with van der Waals surface area (Å²) >= 11 is 0. The van der Waals surface area contributed by atoms with E-state index in [1.165, 1.54) is 0 Å². The molecular weight excluding hydrogens is 220 g/mol. The largest absolute Gasteiger partial charge is 0.394 e. The first kappa shape index (κ1) is 12.2. The molecule has 0 aliphatic carbocycles. The van der Waals surface area contributed by atoms with E-state index in [0.29, 0.717) is 19.1 Å². The average Bonchev–Trinajstić information content (AvgIpc) is 2.40. The molecule has 94 valence electrons. The van der Waals surface area contributed by atoms with Crippen molar-refractivity contribution in [1.29, 1.82) is 0 Å². The van der Waals surface area contributed by atoms with E-state index in [9.17, 15) is 0 Å². The highest BCUT2D eigenvalue weighted by Crippen LogP contribution is 2.12. The molecule has 1 fully saturated rings. The van der Waals surface area contributed by atoms with Crippen LogP contribution in [-0.4, -0.2) is 54.5 Å². The minimum atomic E-state index is -0.135. The molecule has 17 heavy (non-hydrogen) atoms. The number of hydrogen-bond donors (Lipinski definition) is 2. The molecule has 2 rings (SSSR count). The Morgan fingerprint density at radius 3 is 2.94 bits per heavy atom. The lowest BCUT2D eigenvalue weighted by atomic mass is 10.3. The highest BCUT2D eigenvalue weighted by molar-refractivity contribution is 5.30. The molecule has 0 spiro atoms. The number of anilines is 1. The Morgan fingerprint density at radius 1 is 1.53 bits per heavy atom. The Morgan fingerprint density at radius 2 is 2.29 bits per heavy atom. The molecule has 2 N–H and O–H groups in total. The van der Waals surface area contributed by atoms with E-state index in [2.05, 4.69) is 15.3 Å². The lowest BCUT2D eigenvalue weighted by Crippen LogP contribution is -2.44. The van der Waals surface area contributed by atoms with Crippen LogP contribution in [0.4, 0.5) is 5.95 Å². The third-order valence-electron chi connectivity index (χ3n) is 2.70. The fraction of sp³-hybridized carbons (Fsp3) is 0.636. The summed E-state index contributed by atoms with van der Waals surface area (Å²) in [7, 11) is 1.89. The standard InChI is InChI=1S/C11H18N4O2/c1-12-4-9-5-13-11(14-6-9)15-2-3-17-10(7-15)8-16/h5-6,10,12,16H,2-4,7-8H2,1H3. The molecule has 0 saturated carbocycles. The van der Waals surface area contributed by atoms with E-state index in [4.69, 9.17) is 9.84 Å². The van der Waals surface area contributed by atoms with Crippen LogP contribution in [0.5, 0.6) is 0 Å². The SMILES string of the molecule is CNCc1cnc(N2CCOC(CO)C2)nc1. The summed E-state index contributed by atoms with van der Waals surface area (Å²) < 4.78 is 5.38. The Bertz CT molecular complexity index is 344. The number of rotatable bonds is 4. The summed E-state index contributed by atoms with van der Waals surface area (Å²) in [6.07, 6.45) is 3.51. The molecule has 2 heterocycles. The number of aromatic nitrogens is 2. The van der Waals surface area contributed by atoms with Crippen molar-refractivity contribution < 1.29 is 9.84 Å². The number of nitrogens with zero attached hydrogens (tertiary/aromatic N) is 3. The van der Waals surface area contributed by atoms with Gasteiger partial charge in [-0.1, -0.05) is 0 Å². The first-order valence-electron chi connectivity index (χ1n) is 5.76. The van der Waals surface area contributed by atoms with Gasteiger partial charge in [-0.05, 0) is 7.05 Å². The van der Waals surface area contributed by atoms with Gasteiger partial charge in [0.2, 0.25) is 5.95 Å². The Balaban J connectivity index is 2.01. The summed E-state index contributed by atoms with van der Waals surface area (Å²) in [6.45, 7) is 2.81. The predicted octanol–water partition coefficient (Wildman–Crippen LogP) is -0.606. The fourth-order valence-electron chi connectivity index (χ4n) is 1.82. The second kappa shape index (κ2) is 5.90. The zero-order chi connectivity index (χ0) is 12.1. The molecule has 1 saturated heterocycles. The summed E-state index contributed by atoms with van der Waals surface area (Å²) in [4.78, 5) is 10.7. The van der Waals surface area contributed by atoms with Crippen LogP contribution in [-0.2, 0) is 11.3 Å². The molecule has 0 radical (unpaired) electrons. The lowest BCUT2D eigenvalue weighted by Gasteiger charge is -2.31. The normalized spacial score (nSPS) is 20.6. The zero-order valence-corrected chi connectivity index (χ0v) is 9.96. The van der Waals surface area contributed by atoms with Gasteiger partial charge < -0.3 is 20.1 Å². The number of nitrogens with one attached hydrogen (secondary N) is 1. The molecule has 6 nitrogen and oxygen atoms in total. The predicted molar refractivity (Wildman–Crippen MR) is 63.8 cm³/mol. The molecule has 1 unspecified atom stereocenters. The molecule has 6 heteroatoms. The van der Waals surface area contributed by atoms with Gasteiger partial charge in [0.1, 0.15) is 0 Å². The zero-order valence-electron chi connectivity index (χ0n) is 9.96. The van der Waals surface area contributed by atoms with E-state index < -0.39 is 0 Å². The number of morpholine rings is 1. The van der Waals surface area contributed by atoms with E-state index in [1.807, 2.05) is 24.3 Å². The van der Waals surface area contributed by atoms with Crippen LogP contribution in [0.2, 0.25) is 0 Å². The topological polar surface area (TPSA) is 70.5 Å². The summed E-state index contributed by atoms with van der Waals surface area (Å²) in [6, 6.07) is 0. The van der Waals surface area contributed by atoms with Crippen LogP contribution < -0.4 is 10.2 Å². The third-order valence-corrected chi connectivity index (χ3v) is 2.70. The van der Waals surface area contributed by atoms with Crippen LogP contribution in [0.3, 0.4) is 0 Å². The molecule has 1 aliphatic heterocycles. The van der Waals surface area contributed by atoms with Crippen molar-refractivity contribution in [3.05, 3.63) is 18.0 Å². The number of ether oxygens (including phenoxy) is 1. The van der Waals surface area contributed by atoms with Crippen LogP contribution in [0.15, 0.2) is 12.4 Å². The van der Waals surface area contributed by atoms with E-state index in [0.717, 1.165) is 18.7 Å². The Kier molecular flexibility index (Phi) is 4.24. The van der Waals surface area contributed by atoms with Crippen LogP contribution >= 0.6 is 0 Å². The van der Waals surface area contributed by atoms with E-state index in [-0.39, 0.29) is 12.7 Å². The highest BCUT2D eigenvalue weighted by Gasteiger charge is 2.21. The van der Waals surface area contributed by atoms with Gasteiger partial charge in [-0.2, -0.15) is 0 Å². The van der Waals surface area contributed by atoms with Crippen molar-refractivity contribution in [1.82, 2.24) is 15.3 Å².